The van der Waals surface area contributed by atoms with Crippen LogP contribution in [-0.2, 0) is 4.74 Å². The highest BCUT2D eigenvalue weighted by Crippen LogP contribution is 2.28. The quantitative estimate of drug-likeness (QED) is 0.574. The van der Waals surface area contributed by atoms with Crippen molar-refractivity contribution in [2.45, 2.75) is 19.4 Å². The smallest absolute Gasteiger partial charge is 0.414 e. The molecule has 2 heterocycles. The van der Waals surface area contributed by atoms with Gasteiger partial charge in [0.25, 0.3) is 0 Å². The van der Waals surface area contributed by atoms with E-state index in [0.29, 0.717) is 44.1 Å². The first-order chi connectivity index (χ1) is 13.5. The molecular weight excluding hydrogens is 381 g/mol. The van der Waals surface area contributed by atoms with Crippen LogP contribution in [0.25, 0.3) is 0 Å². The molecule has 28 heavy (non-hydrogen) atoms. The normalized spacial score (nSPS) is 20.0. The number of nitriles is 1. The molecule has 0 radical (unpaired) electrons. The zero-order chi connectivity index (χ0) is 20.1. The molecular formula is C19H24FN5O2S. The Morgan fingerprint density at radius 3 is 2.79 bits per heavy atom. The fraction of sp³-hybridized carbons (Fsp3) is 0.526. The van der Waals surface area contributed by atoms with Crippen molar-refractivity contribution in [3.8, 4) is 6.07 Å². The molecule has 9 heteroatoms. The Balaban J connectivity index is 1.62. The van der Waals surface area contributed by atoms with Crippen molar-refractivity contribution in [3.05, 3.63) is 24.0 Å². The molecule has 2 fully saturated rings. The van der Waals surface area contributed by atoms with Crippen LogP contribution in [0, 0.1) is 17.1 Å². The van der Waals surface area contributed by atoms with E-state index in [1.165, 1.54) is 11.0 Å². The van der Waals surface area contributed by atoms with Crippen molar-refractivity contribution >= 4 is 34.7 Å². The lowest BCUT2D eigenvalue weighted by molar-refractivity contribution is 0.143. The van der Waals surface area contributed by atoms with Gasteiger partial charge in [-0.3, -0.25) is 9.80 Å². The Bertz CT molecular complexity index is 776. The minimum Gasteiger partial charge on any atom is -0.442 e. The van der Waals surface area contributed by atoms with E-state index in [-0.39, 0.29) is 11.9 Å². The van der Waals surface area contributed by atoms with Crippen molar-refractivity contribution < 1.29 is 13.9 Å². The van der Waals surface area contributed by atoms with Gasteiger partial charge in [0.15, 0.2) is 0 Å². The second kappa shape index (κ2) is 9.17. The van der Waals surface area contributed by atoms with Crippen molar-refractivity contribution in [1.82, 2.24) is 10.2 Å². The Morgan fingerprint density at radius 2 is 2.14 bits per heavy atom. The van der Waals surface area contributed by atoms with E-state index < -0.39 is 6.09 Å². The Labute approximate surface area is 169 Å². The van der Waals surface area contributed by atoms with E-state index in [2.05, 4.69) is 11.4 Å². The first-order valence-electron chi connectivity index (χ1n) is 9.40. The summed E-state index contributed by atoms with van der Waals surface area (Å²) in [5, 5.41) is 11.8. The van der Waals surface area contributed by atoms with Gasteiger partial charge in [0.05, 0.1) is 42.1 Å². The molecule has 0 aliphatic carbocycles. The Kier molecular flexibility index (Phi) is 6.65. The van der Waals surface area contributed by atoms with Crippen molar-refractivity contribution in [1.29, 1.82) is 5.26 Å². The molecule has 1 amide bonds. The summed E-state index contributed by atoms with van der Waals surface area (Å²) in [7, 11) is 0. The van der Waals surface area contributed by atoms with Crippen LogP contribution in [-0.4, -0.2) is 67.9 Å². The molecule has 0 spiro atoms. The molecule has 0 bridgehead atoms. The molecule has 1 N–H and O–H groups in total. The number of benzene rings is 1. The van der Waals surface area contributed by atoms with E-state index in [0.717, 1.165) is 24.5 Å². The van der Waals surface area contributed by atoms with Gasteiger partial charge >= 0.3 is 6.09 Å². The maximum absolute atomic E-state index is 14.7. The minimum atomic E-state index is -0.480. The van der Waals surface area contributed by atoms with Crippen molar-refractivity contribution in [2.75, 3.05) is 55.6 Å². The highest BCUT2D eigenvalue weighted by atomic mass is 32.1. The molecule has 3 rings (SSSR count). The van der Waals surface area contributed by atoms with Crippen LogP contribution < -0.4 is 15.1 Å². The maximum Gasteiger partial charge on any atom is 0.414 e. The van der Waals surface area contributed by atoms with Crippen LogP contribution in [0.2, 0.25) is 0 Å². The number of hydrogen-bond acceptors (Lipinski definition) is 6. The molecule has 1 aromatic carbocycles. The second-order valence-electron chi connectivity index (χ2n) is 6.83. The van der Waals surface area contributed by atoms with Gasteiger partial charge in [-0.15, -0.1) is 0 Å². The Hall–Kier alpha value is -2.44. The molecule has 1 atom stereocenters. The van der Waals surface area contributed by atoms with Crippen LogP contribution in [0.1, 0.15) is 13.3 Å². The molecule has 150 valence electrons. The summed E-state index contributed by atoms with van der Waals surface area (Å²) < 4.78 is 20.1. The van der Waals surface area contributed by atoms with E-state index in [1.807, 2.05) is 16.7 Å². The van der Waals surface area contributed by atoms with Crippen LogP contribution >= 0.6 is 12.2 Å². The number of halogens is 1. The topological polar surface area (TPSA) is 71.8 Å². The maximum atomic E-state index is 14.7. The van der Waals surface area contributed by atoms with E-state index >= 15 is 0 Å². The SMILES string of the molecule is CCC(=S)NC[C@H]1CN(c2ccc(N3CCN(CC#N)CC3)c(F)c2)C(=O)O1. The summed E-state index contributed by atoms with van der Waals surface area (Å²) in [4.78, 5) is 18.3. The summed E-state index contributed by atoms with van der Waals surface area (Å²) in [6, 6.07) is 6.97. The standard InChI is InChI=1S/C19H24FN5O2S/c1-2-18(28)22-12-15-13-25(19(26)27-15)14-3-4-17(16(20)11-14)24-9-7-23(6-5-21)8-10-24/h3-4,11,15H,2,6-10,12-13H2,1H3,(H,22,28)/t15-/m0/s1. The molecule has 1 aromatic rings. The second-order valence-corrected chi connectivity index (χ2v) is 7.32. The van der Waals surface area contributed by atoms with Crippen LogP contribution in [0.3, 0.4) is 0 Å². The summed E-state index contributed by atoms with van der Waals surface area (Å²) in [5.41, 5.74) is 0.995. The minimum absolute atomic E-state index is 0.326. The van der Waals surface area contributed by atoms with E-state index in [1.54, 1.807) is 12.1 Å². The number of carbonyl (C=O) groups excluding carboxylic acids is 1. The zero-order valence-corrected chi connectivity index (χ0v) is 16.7. The van der Waals surface area contributed by atoms with E-state index in [4.69, 9.17) is 22.2 Å². The van der Waals surface area contributed by atoms with Crippen LogP contribution in [0.15, 0.2) is 18.2 Å². The van der Waals surface area contributed by atoms with E-state index in [9.17, 15) is 9.18 Å². The lowest BCUT2D eigenvalue weighted by atomic mass is 10.2. The number of cyclic esters (lactones) is 1. The lowest BCUT2D eigenvalue weighted by Crippen LogP contribution is -2.46. The first-order valence-corrected chi connectivity index (χ1v) is 9.81. The van der Waals surface area contributed by atoms with Gasteiger partial charge in [-0.1, -0.05) is 19.1 Å². The van der Waals surface area contributed by atoms with Gasteiger partial charge in [0.2, 0.25) is 0 Å². The number of anilines is 2. The van der Waals surface area contributed by atoms with Crippen molar-refractivity contribution in [2.24, 2.45) is 0 Å². The zero-order valence-electron chi connectivity index (χ0n) is 15.9. The number of thiocarbonyl (C=S) groups is 1. The molecule has 0 unspecified atom stereocenters. The molecule has 2 aliphatic heterocycles. The van der Waals surface area contributed by atoms with Crippen molar-refractivity contribution in [3.63, 3.8) is 0 Å². The van der Waals surface area contributed by atoms with Crippen LogP contribution in [0.5, 0.6) is 0 Å². The van der Waals surface area contributed by atoms with Gasteiger partial charge in [0, 0.05) is 26.2 Å². The number of nitrogens with zero attached hydrogens (tertiary/aromatic N) is 4. The third-order valence-corrected chi connectivity index (χ3v) is 5.41. The lowest BCUT2D eigenvalue weighted by Gasteiger charge is -2.35. The number of amides is 1. The van der Waals surface area contributed by atoms with Gasteiger partial charge in [-0.05, 0) is 24.6 Å². The highest BCUT2D eigenvalue weighted by molar-refractivity contribution is 7.80. The van der Waals surface area contributed by atoms with Gasteiger partial charge in [-0.25, -0.2) is 9.18 Å². The fourth-order valence-electron chi connectivity index (χ4n) is 3.36. The third-order valence-electron chi connectivity index (χ3n) is 4.97. The largest absolute Gasteiger partial charge is 0.442 e. The third kappa shape index (κ3) is 4.69. The average molecular weight is 405 g/mol. The molecule has 7 nitrogen and oxygen atoms in total. The molecule has 2 saturated heterocycles. The Morgan fingerprint density at radius 1 is 1.39 bits per heavy atom. The average Bonchev–Trinajstić information content (AvgIpc) is 3.07. The van der Waals surface area contributed by atoms with Gasteiger partial charge in [0.1, 0.15) is 11.9 Å². The predicted molar refractivity (Wildman–Crippen MR) is 109 cm³/mol. The van der Waals surface area contributed by atoms with Crippen LogP contribution in [0.4, 0.5) is 20.6 Å². The number of ether oxygens (including phenoxy) is 1. The summed E-state index contributed by atoms with van der Waals surface area (Å²) >= 11 is 5.12. The monoisotopic (exact) mass is 405 g/mol. The number of hydrogen-bond donors (Lipinski definition) is 1. The molecule has 2 aliphatic rings. The number of piperazine rings is 1. The summed E-state index contributed by atoms with van der Waals surface area (Å²) in [5.74, 6) is -0.368. The highest BCUT2D eigenvalue weighted by Gasteiger charge is 2.33. The number of nitrogens with one attached hydrogen (secondary N) is 1. The molecule has 0 saturated carbocycles. The fourth-order valence-corrected chi connectivity index (χ4v) is 3.44. The molecule has 0 aromatic heterocycles. The van der Waals surface area contributed by atoms with Gasteiger partial charge in [-0.2, -0.15) is 5.26 Å². The first kappa shape index (κ1) is 20.3. The predicted octanol–water partition coefficient (Wildman–Crippen LogP) is 2.12. The number of rotatable bonds is 6. The van der Waals surface area contributed by atoms with Gasteiger partial charge < -0.3 is 15.0 Å². The summed E-state index contributed by atoms with van der Waals surface area (Å²) in [6.07, 6.45) is -0.0728. The number of carbonyl (C=O) groups is 1. The summed E-state index contributed by atoms with van der Waals surface area (Å²) in [6.45, 7) is 5.92.